The van der Waals surface area contributed by atoms with Crippen molar-refractivity contribution in [2.75, 3.05) is 5.75 Å². The van der Waals surface area contributed by atoms with E-state index < -0.39 is 0 Å². The van der Waals surface area contributed by atoms with Crippen LogP contribution in [-0.4, -0.2) is 50.1 Å². The van der Waals surface area contributed by atoms with Gasteiger partial charge < -0.3 is 14.8 Å². The second-order valence-electron chi connectivity index (χ2n) is 7.91. The van der Waals surface area contributed by atoms with Crippen molar-refractivity contribution in [1.29, 1.82) is 0 Å². The van der Waals surface area contributed by atoms with E-state index in [4.69, 9.17) is 0 Å². The van der Waals surface area contributed by atoms with Gasteiger partial charge in [0.05, 0.1) is 16.8 Å². The second-order valence-corrected chi connectivity index (χ2v) is 8.85. The number of nitrogens with zero attached hydrogens (tertiary/aromatic N) is 3. The van der Waals surface area contributed by atoms with Crippen molar-refractivity contribution in [3.8, 4) is 0 Å². The summed E-state index contributed by atoms with van der Waals surface area (Å²) in [5.41, 5.74) is 1.78. The summed E-state index contributed by atoms with van der Waals surface area (Å²) in [6, 6.07) is 8.46. The summed E-state index contributed by atoms with van der Waals surface area (Å²) >= 11 is 1.38. The van der Waals surface area contributed by atoms with Gasteiger partial charge in [0, 0.05) is 18.1 Å². The minimum absolute atomic E-state index is 0.0248. The molecule has 6 nitrogen and oxygen atoms in total. The predicted molar refractivity (Wildman–Crippen MR) is 113 cm³/mol. The first-order valence-electron chi connectivity index (χ1n) is 10.1. The van der Waals surface area contributed by atoms with Crippen molar-refractivity contribution >= 4 is 34.6 Å². The minimum atomic E-state index is -0.0248. The topological polar surface area (TPSA) is 67.2 Å². The minimum Gasteiger partial charge on any atom is -0.353 e. The first-order valence-corrected chi connectivity index (χ1v) is 11.0. The van der Waals surface area contributed by atoms with Crippen LogP contribution in [0.1, 0.15) is 47.0 Å². The average Bonchev–Trinajstić information content (AvgIpc) is 2.97. The summed E-state index contributed by atoms with van der Waals surface area (Å²) in [5, 5.41) is 3.61. The van der Waals surface area contributed by atoms with Gasteiger partial charge in [-0.15, -0.1) is 0 Å². The van der Waals surface area contributed by atoms with Crippen molar-refractivity contribution in [2.45, 2.75) is 76.8 Å². The number of hydrogen-bond donors (Lipinski definition) is 1. The fraction of sp³-hybridized carbons (Fsp3) is 0.571. The van der Waals surface area contributed by atoms with E-state index in [0.717, 1.165) is 23.9 Å². The quantitative estimate of drug-likeness (QED) is 0.752. The molecule has 1 aromatic carbocycles. The normalized spacial score (nSPS) is 20.0. The van der Waals surface area contributed by atoms with Crippen LogP contribution < -0.4 is 5.32 Å². The summed E-state index contributed by atoms with van der Waals surface area (Å²) in [6.45, 7) is 8.40. The average molecular weight is 403 g/mol. The van der Waals surface area contributed by atoms with E-state index in [9.17, 15) is 9.59 Å². The van der Waals surface area contributed by atoms with Crippen LogP contribution >= 0.6 is 11.8 Å². The maximum absolute atomic E-state index is 13.2. The highest BCUT2D eigenvalue weighted by Crippen LogP contribution is 2.27. The monoisotopic (exact) mass is 402 g/mol. The Hall–Kier alpha value is -2.02. The number of amides is 2. The van der Waals surface area contributed by atoms with Gasteiger partial charge in [-0.25, -0.2) is 4.98 Å². The fourth-order valence-corrected chi connectivity index (χ4v) is 4.77. The standard InChI is InChI=1S/C21H30N4O2S/c1-14(2)22-19(26)13-28-21-23-17-10-5-6-11-18(17)24(21)12-20(27)25-15(3)8-7-9-16(25)4/h5-6,10-11,14-16H,7-9,12-13H2,1-4H3,(H,22,26)/t15-,16-/m1/s1. The van der Waals surface area contributed by atoms with Gasteiger partial charge in [-0.3, -0.25) is 9.59 Å². The van der Waals surface area contributed by atoms with Crippen molar-refractivity contribution in [3.05, 3.63) is 24.3 Å². The molecule has 0 unspecified atom stereocenters. The van der Waals surface area contributed by atoms with E-state index in [1.165, 1.54) is 18.2 Å². The number of nitrogens with one attached hydrogen (secondary N) is 1. The van der Waals surface area contributed by atoms with Crippen LogP contribution in [0.3, 0.4) is 0 Å². The number of rotatable bonds is 6. The number of carbonyl (C=O) groups excluding carboxylic acids is 2. The Morgan fingerprint density at radius 1 is 1.21 bits per heavy atom. The van der Waals surface area contributed by atoms with E-state index in [2.05, 4.69) is 24.1 Å². The molecule has 1 aromatic heterocycles. The number of hydrogen-bond acceptors (Lipinski definition) is 4. The molecule has 3 rings (SSSR count). The van der Waals surface area contributed by atoms with Crippen LogP contribution in [0.5, 0.6) is 0 Å². The van der Waals surface area contributed by atoms with Crippen molar-refractivity contribution in [3.63, 3.8) is 0 Å². The first-order chi connectivity index (χ1) is 13.4. The molecular formula is C21H30N4O2S. The lowest BCUT2D eigenvalue weighted by Crippen LogP contribution is -2.48. The Morgan fingerprint density at radius 2 is 1.89 bits per heavy atom. The molecule has 28 heavy (non-hydrogen) atoms. The predicted octanol–water partition coefficient (Wildman–Crippen LogP) is 3.44. The number of fused-ring (bicyclic) bond motifs is 1. The number of para-hydroxylation sites is 2. The van der Waals surface area contributed by atoms with Gasteiger partial charge in [-0.1, -0.05) is 23.9 Å². The largest absolute Gasteiger partial charge is 0.353 e. The van der Waals surface area contributed by atoms with Crippen LogP contribution in [0, 0.1) is 0 Å². The third-order valence-corrected chi connectivity index (χ3v) is 6.15. The zero-order valence-electron chi connectivity index (χ0n) is 17.1. The highest BCUT2D eigenvalue weighted by molar-refractivity contribution is 7.99. The summed E-state index contributed by atoms with van der Waals surface area (Å²) in [5.74, 6) is 0.381. The molecule has 2 heterocycles. The summed E-state index contributed by atoms with van der Waals surface area (Å²) in [6.07, 6.45) is 3.28. The zero-order chi connectivity index (χ0) is 20.3. The molecule has 0 aliphatic carbocycles. The maximum Gasteiger partial charge on any atom is 0.243 e. The van der Waals surface area contributed by atoms with E-state index in [1.807, 2.05) is 47.6 Å². The lowest BCUT2D eigenvalue weighted by Gasteiger charge is -2.39. The number of thioether (sulfide) groups is 1. The van der Waals surface area contributed by atoms with Gasteiger partial charge in [0.25, 0.3) is 0 Å². The lowest BCUT2D eigenvalue weighted by molar-refractivity contribution is -0.138. The van der Waals surface area contributed by atoms with E-state index >= 15 is 0 Å². The van der Waals surface area contributed by atoms with Gasteiger partial charge in [0.15, 0.2) is 5.16 Å². The molecule has 0 saturated carbocycles. The Morgan fingerprint density at radius 3 is 2.57 bits per heavy atom. The molecule has 1 aliphatic rings. The molecule has 152 valence electrons. The molecule has 7 heteroatoms. The fourth-order valence-electron chi connectivity index (χ4n) is 3.94. The molecule has 1 N–H and O–H groups in total. The van der Waals surface area contributed by atoms with Crippen molar-refractivity contribution in [2.24, 2.45) is 0 Å². The highest BCUT2D eigenvalue weighted by atomic mass is 32.2. The molecule has 0 radical (unpaired) electrons. The summed E-state index contributed by atoms with van der Waals surface area (Å²) in [4.78, 5) is 31.9. The Kier molecular flexibility index (Phi) is 6.65. The third kappa shape index (κ3) is 4.69. The van der Waals surface area contributed by atoms with Crippen LogP contribution in [0.4, 0.5) is 0 Å². The number of carbonyl (C=O) groups is 2. The van der Waals surface area contributed by atoms with Gasteiger partial charge in [0.1, 0.15) is 6.54 Å². The van der Waals surface area contributed by atoms with E-state index in [0.29, 0.717) is 5.16 Å². The molecule has 1 aliphatic heterocycles. The van der Waals surface area contributed by atoms with Crippen molar-refractivity contribution in [1.82, 2.24) is 19.8 Å². The van der Waals surface area contributed by atoms with Gasteiger partial charge in [-0.2, -0.15) is 0 Å². The summed E-state index contributed by atoms with van der Waals surface area (Å²) < 4.78 is 1.96. The molecule has 2 aromatic rings. The molecule has 0 bridgehead atoms. The molecule has 2 atom stereocenters. The molecule has 0 spiro atoms. The van der Waals surface area contributed by atoms with Crippen LogP contribution in [-0.2, 0) is 16.1 Å². The lowest BCUT2D eigenvalue weighted by atomic mass is 9.97. The van der Waals surface area contributed by atoms with E-state index in [-0.39, 0.29) is 42.2 Å². The number of benzene rings is 1. The zero-order valence-corrected chi connectivity index (χ0v) is 18.0. The molecule has 1 saturated heterocycles. The van der Waals surface area contributed by atoms with Crippen LogP contribution in [0.2, 0.25) is 0 Å². The number of likely N-dealkylation sites (tertiary alicyclic amines) is 1. The molecular weight excluding hydrogens is 372 g/mol. The van der Waals surface area contributed by atoms with Gasteiger partial charge in [-0.05, 0) is 59.1 Å². The van der Waals surface area contributed by atoms with Crippen molar-refractivity contribution < 1.29 is 9.59 Å². The Labute approximate surface area is 171 Å². The summed E-state index contributed by atoms with van der Waals surface area (Å²) in [7, 11) is 0. The van der Waals surface area contributed by atoms with Crippen LogP contribution in [0.15, 0.2) is 29.4 Å². The molecule has 2 amide bonds. The Bertz CT molecular complexity index is 838. The number of piperidine rings is 1. The Balaban J connectivity index is 1.82. The van der Waals surface area contributed by atoms with Gasteiger partial charge in [0.2, 0.25) is 11.8 Å². The first kappa shape index (κ1) is 20.7. The SMILES string of the molecule is CC(C)NC(=O)CSc1nc2ccccc2n1CC(=O)N1[C@H](C)CCC[C@H]1C. The molecule has 1 fully saturated rings. The van der Waals surface area contributed by atoms with Gasteiger partial charge >= 0.3 is 0 Å². The number of imidazole rings is 1. The number of aromatic nitrogens is 2. The highest BCUT2D eigenvalue weighted by Gasteiger charge is 2.29. The van der Waals surface area contributed by atoms with E-state index in [1.54, 1.807) is 0 Å². The van der Waals surface area contributed by atoms with Crippen LogP contribution in [0.25, 0.3) is 11.0 Å². The smallest absolute Gasteiger partial charge is 0.243 e. The second kappa shape index (κ2) is 8.99. The third-order valence-electron chi connectivity index (χ3n) is 5.18. The maximum atomic E-state index is 13.2.